The van der Waals surface area contributed by atoms with E-state index in [1.807, 2.05) is 13.8 Å². The van der Waals surface area contributed by atoms with E-state index in [1.54, 1.807) is 11.2 Å². The molecule has 2 N–H and O–H groups in total. The Bertz CT molecular complexity index is 567. The smallest absolute Gasteiger partial charge is 0.247 e. The molecule has 0 amide bonds. The van der Waals surface area contributed by atoms with Gasteiger partial charge < -0.3 is 5.32 Å². The summed E-state index contributed by atoms with van der Waals surface area (Å²) in [6, 6.07) is 0.0521. The van der Waals surface area contributed by atoms with Crippen LogP contribution in [0, 0.1) is 12.8 Å². The standard InChI is InChI=1S/C13H24N4O2S/c1-5-14-7-12-13(11(4)15-16-12)20(18,19)17-8-9(2)6-10(17)3/h9-10,14H,5-8H2,1-4H3,(H,15,16). The Hall–Kier alpha value is -0.920. The molecule has 2 unspecified atom stereocenters. The molecule has 0 saturated carbocycles. The van der Waals surface area contributed by atoms with E-state index in [4.69, 9.17) is 0 Å². The highest BCUT2D eigenvalue weighted by molar-refractivity contribution is 7.89. The molecule has 0 aliphatic carbocycles. The summed E-state index contributed by atoms with van der Waals surface area (Å²) >= 11 is 0. The van der Waals surface area contributed by atoms with Crippen LogP contribution in [0.15, 0.2) is 4.90 Å². The number of rotatable bonds is 5. The molecule has 7 heteroatoms. The highest BCUT2D eigenvalue weighted by Gasteiger charge is 2.38. The third kappa shape index (κ3) is 2.75. The Morgan fingerprint density at radius 2 is 2.15 bits per heavy atom. The van der Waals surface area contributed by atoms with Crippen LogP contribution in [0.5, 0.6) is 0 Å². The monoisotopic (exact) mass is 300 g/mol. The molecule has 0 spiro atoms. The minimum atomic E-state index is -3.47. The van der Waals surface area contributed by atoms with E-state index < -0.39 is 10.0 Å². The lowest BCUT2D eigenvalue weighted by molar-refractivity contribution is 0.404. The molecule has 6 nitrogen and oxygen atoms in total. The van der Waals surface area contributed by atoms with Crippen molar-refractivity contribution >= 4 is 10.0 Å². The van der Waals surface area contributed by atoms with Crippen LogP contribution in [0.1, 0.15) is 38.6 Å². The van der Waals surface area contributed by atoms with Crippen molar-refractivity contribution in [1.82, 2.24) is 19.8 Å². The zero-order chi connectivity index (χ0) is 14.9. The molecule has 2 rings (SSSR count). The molecule has 114 valence electrons. The fourth-order valence-electron chi connectivity index (χ4n) is 2.89. The Morgan fingerprint density at radius 1 is 1.45 bits per heavy atom. The molecule has 1 saturated heterocycles. The Kier molecular flexibility index (Phi) is 4.51. The topological polar surface area (TPSA) is 78.1 Å². The van der Waals surface area contributed by atoms with Crippen molar-refractivity contribution in [3.8, 4) is 0 Å². The maximum Gasteiger partial charge on any atom is 0.247 e. The minimum Gasteiger partial charge on any atom is -0.311 e. The van der Waals surface area contributed by atoms with Gasteiger partial charge in [0.1, 0.15) is 4.90 Å². The lowest BCUT2D eigenvalue weighted by Crippen LogP contribution is -2.35. The molecule has 20 heavy (non-hydrogen) atoms. The molecule has 2 heterocycles. The Morgan fingerprint density at radius 3 is 2.70 bits per heavy atom. The van der Waals surface area contributed by atoms with Crippen LogP contribution in [-0.4, -0.2) is 42.1 Å². The first-order chi connectivity index (χ1) is 9.37. The average molecular weight is 300 g/mol. The second-order valence-corrected chi connectivity index (χ2v) is 7.50. The molecule has 1 aliphatic heterocycles. The van der Waals surface area contributed by atoms with Crippen molar-refractivity contribution < 1.29 is 8.42 Å². The molecular formula is C13H24N4O2S. The van der Waals surface area contributed by atoms with Crippen LogP contribution in [0.25, 0.3) is 0 Å². The van der Waals surface area contributed by atoms with E-state index in [1.165, 1.54) is 0 Å². The number of hydrogen-bond acceptors (Lipinski definition) is 4. The highest BCUT2D eigenvalue weighted by Crippen LogP contribution is 2.31. The van der Waals surface area contributed by atoms with Gasteiger partial charge >= 0.3 is 0 Å². The van der Waals surface area contributed by atoms with Crippen molar-refractivity contribution in [2.75, 3.05) is 13.1 Å². The van der Waals surface area contributed by atoms with Crippen LogP contribution < -0.4 is 5.32 Å². The first-order valence-corrected chi connectivity index (χ1v) is 8.58. The summed E-state index contributed by atoms with van der Waals surface area (Å²) in [7, 11) is -3.47. The number of aryl methyl sites for hydroxylation is 1. The highest BCUT2D eigenvalue weighted by atomic mass is 32.2. The molecule has 1 aromatic heterocycles. The summed E-state index contributed by atoms with van der Waals surface area (Å²) in [5.74, 6) is 0.407. The van der Waals surface area contributed by atoms with Crippen LogP contribution >= 0.6 is 0 Å². The fourth-order valence-corrected chi connectivity index (χ4v) is 4.98. The maximum atomic E-state index is 12.9. The summed E-state index contributed by atoms with van der Waals surface area (Å²) in [5, 5.41) is 10.1. The minimum absolute atomic E-state index is 0.0521. The van der Waals surface area contributed by atoms with E-state index >= 15 is 0 Å². The summed E-state index contributed by atoms with van der Waals surface area (Å²) in [4.78, 5) is 0.347. The van der Waals surface area contributed by atoms with Crippen molar-refractivity contribution in [3.63, 3.8) is 0 Å². The van der Waals surface area contributed by atoms with E-state index in [2.05, 4.69) is 22.4 Å². The van der Waals surface area contributed by atoms with Gasteiger partial charge in [-0.05, 0) is 32.7 Å². The summed E-state index contributed by atoms with van der Waals surface area (Å²) in [5.41, 5.74) is 1.20. The number of aromatic nitrogens is 2. The van der Waals surface area contributed by atoms with Gasteiger partial charge in [0.05, 0.1) is 11.4 Å². The third-order valence-electron chi connectivity index (χ3n) is 3.80. The van der Waals surface area contributed by atoms with E-state index in [0.29, 0.717) is 35.3 Å². The Balaban J connectivity index is 2.36. The van der Waals surface area contributed by atoms with Crippen molar-refractivity contribution in [3.05, 3.63) is 11.4 Å². The normalized spacial score (nSPS) is 24.4. The number of aromatic amines is 1. The van der Waals surface area contributed by atoms with E-state index in [-0.39, 0.29) is 6.04 Å². The predicted molar refractivity (Wildman–Crippen MR) is 77.8 cm³/mol. The fraction of sp³-hybridized carbons (Fsp3) is 0.769. The third-order valence-corrected chi connectivity index (χ3v) is 5.98. The summed E-state index contributed by atoms with van der Waals surface area (Å²) in [6.07, 6.45) is 0.915. The largest absolute Gasteiger partial charge is 0.311 e. The van der Waals surface area contributed by atoms with Crippen LogP contribution in [0.2, 0.25) is 0 Å². The SMILES string of the molecule is CCNCc1n[nH]c(C)c1S(=O)(=O)N1CC(C)CC1C. The molecule has 1 aliphatic rings. The Labute approximate surface area is 121 Å². The lowest BCUT2D eigenvalue weighted by atomic mass is 10.1. The van der Waals surface area contributed by atoms with Gasteiger partial charge in [-0.15, -0.1) is 0 Å². The first-order valence-electron chi connectivity index (χ1n) is 7.14. The van der Waals surface area contributed by atoms with Gasteiger partial charge in [0, 0.05) is 19.1 Å². The van der Waals surface area contributed by atoms with Gasteiger partial charge in [-0.3, -0.25) is 5.10 Å². The molecule has 1 fully saturated rings. The lowest BCUT2D eigenvalue weighted by Gasteiger charge is -2.21. The number of H-pyrrole nitrogens is 1. The number of nitrogens with one attached hydrogen (secondary N) is 2. The van der Waals surface area contributed by atoms with Gasteiger partial charge in [0.15, 0.2) is 0 Å². The van der Waals surface area contributed by atoms with Gasteiger partial charge in [-0.1, -0.05) is 13.8 Å². The number of hydrogen-bond donors (Lipinski definition) is 2. The van der Waals surface area contributed by atoms with Crippen LogP contribution in [0.3, 0.4) is 0 Å². The second kappa shape index (κ2) is 5.83. The molecule has 2 atom stereocenters. The van der Waals surface area contributed by atoms with Crippen molar-refractivity contribution in [2.24, 2.45) is 5.92 Å². The zero-order valence-electron chi connectivity index (χ0n) is 12.6. The predicted octanol–water partition coefficient (Wildman–Crippen LogP) is 1.25. The molecule has 0 bridgehead atoms. The molecule has 1 aromatic rings. The zero-order valence-corrected chi connectivity index (χ0v) is 13.4. The van der Waals surface area contributed by atoms with E-state index in [9.17, 15) is 8.42 Å². The summed E-state index contributed by atoms with van der Waals surface area (Å²) in [6.45, 7) is 9.65. The van der Waals surface area contributed by atoms with E-state index in [0.717, 1.165) is 13.0 Å². The van der Waals surface area contributed by atoms with Crippen LogP contribution in [0.4, 0.5) is 0 Å². The van der Waals surface area contributed by atoms with Gasteiger partial charge in [0.25, 0.3) is 0 Å². The van der Waals surface area contributed by atoms with Crippen molar-refractivity contribution in [1.29, 1.82) is 0 Å². The molecule has 0 aromatic carbocycles. The maximum absolute atomic E-state index is 12.9. The average Bonchev–Trinajstić information content (AvgIpc) is 2.90. The summed E-state index contributed by atoms with van der Waals surface area (Å²) < 4.78 is 27.4. The number of sulfonamides is 1. The first kappa shape index (κ1) is 15.5. The molecular weight excluding hydrogens is 276 g/mol. The number of nitrogens with zero attached hydrogens (tertiary/aromatic N) is 2. The van der Waals surface area contributed by atoms with Gasteiger partial charge in [-0.2, -0.15) is 9.40 Å². The molecule has 0 radical (unpaired) electrons. The van der Waals surface area contributed by atoms with Crippen molar-refractivity contribution in [2.45, 2.75) is 51.6 Å². The van der Waals surface area contributed by atoms with Crippen LogP contribution in [-0.2, 0) is 16.6 Å². The quantitative estimate of drug-likeness (QED) is 0.858. The van der Waals surface area contributed by atoms with Gasteiger partial charge in [-0.25, -0.2) is 8.42 Å². The second-order valence-electron chi connectivity index (χ2n) is 5.67. The van der Waals surface area contributed by atoms with Gasteiger partial charge in [0.2, 0.25) is 10.0 Å².